The fraction of sp³-hybridized carbons (Fsp3) is 0.385. The Morgan fingerprint density at radius 2 is 1.84 bits per heavy atom. The summed E-state index contributed by atoms with van der Waals surface area (Å²) in [6.07, 6.45) is 0.0970. The van der Waals surface area contributed by atoms with Crippen LogP contribution in [0.3, 0.4) is 0 Å². The standard InChI is InChI=1S/C13H18N2O4/c1-9(16)14-12(8-13(17)15-19-3)10-4-6-11(18-2)7-5-10/h4-7,12H,8H2,1-3H3,(H,14,16)(H,15,17). The summed E-state index contributed by atoms with van der Waals surface area (Å²) < 4.78 is 5.06. The van der Waals surface area contributed by atoms with Gasteiger partial charge in [-0.2, -0.15) is 0 Å². The van der Waals surface area contributed by atoms with Gasteiger partial charge in [0.15, 0.2) is 0 Å². The van der Waals surface area contributed by atoms with Gasteiger partial charge in [0.25, 0.3) is 0 Å². The molecule has 0 aliphatic rings. The Hall–Kier alpha value is -2.08. The van der Waals surface area contributed by atoms with E-state index in [-0.39, 0.29) is 18.2 Å². The van der Waals surface area contributed by atoms with Gasteiger partial charge in [-0.25, -0.2) is 5.48 Å². The van der Waals surface area contributed by atoms with E-state index in [1.54, 1.807) is 31.4 Å². The quantitative estimate of drug-likeness (QED) is 0.751. The molecule has 6 nitrogen and oxygen atoms in total. The molecule has 0 aliphatic heterocycles. The van der Waals surface area contributed by atoms with Gasteiger partial charge in [-0.1, -0.05) is 12.1 Å². The van der Waals surface area contributed by atoms with E-state index in [4.69, 9.17) is 4.74 Å². The maximum Gasteiger partial charge on any atom is 0.245 e. The largest absolute Gasteiger partial charge is 0.497 e. The fourth-order valence-electron chi connectivity index (χ4n) is 1.67. The zero-order valence-electron chi connectivity index (χ0n) is 11.2. The molecule has 104 valence electrons. The predicted octanol–water partition coefficient (Wildman–Crippen LogP) is 0.940. The summed E-state index contributed by atoms with van der Waals surface area (Å²) in [4.78, 5) is 27.3. The van der Waals surface area contributed by atoms with E-state index >= 15 is 0 Å². The maximum absolute atomic E-state index is 11.5. The Bertz CT molecular complexity index is 431. The van der Waals surface area contributed by atoms with Crippen molar-refractivity contribution in [2.45, 2.75) is 19.4 Å². The number of carbonyl (C=O) groups excluding carboxylic acids is 2. The highest BCUT2D eigenvalue weighted by molar-refractivity contribution is 5.78. The summed E-state index contributed by atoms with van der Waals surface area (Å²) in [6.45, 7) is 1.41. The van der Waals surface area contributed by atoms with Crippen molar-refractivity contribution in [3.8, 4) is 5.75 Å². The van der Waals surface area contributed by atoms with Gasteiger partial charge in [-0.05, 0) is 17.7 Å². The van der Waals surface area contributed by atoms with E-state index in [2.05, 4.69) is 15.6 Å². The highest BCUT2D eigenvalue weighted by Crippen LogP contribution is 2.20. The van der Waals surface area contributed by atoms with Crippen molar-refractivity contribution < 1.29 is 19.2 Å². The normalized spacial score (nSPS) is 11.5. The first-order valence-electron chi connectivity index (χ1n) is 5.79. The van der Waals surface area contributed by atoms with Crippen molar-refractivity contribution in [1.29, 1.82) is 0 Å². The molecule has 1 rings (SSSR count). The van der Waals surface area contributed by atoms with Gasteiger partial charge in [0.2, 0.25) is 11.8 Å². The molecule has 0 saturated heterocycles. The van der Waals surface area contributed by atoms with Crippen molar-refractivity contribution in [2.24, 2.45) is 0 Å². The van der Waals surface area contributed by atoms with Gasteiger partial charge in [-0.3, -0.25) is 14.4 Å². The van der Waals surface area contributed by atoms with Crippen molar-refractivity contribution in [3.05, 3.63) is 29.8 Å². The minimum atomic E-state index is -0.404. The highest BCUT2D eigenvalue weighted by Gasteiger charge is 2.17. The molecule has 0 heterocycles. The monoisotopic (exact) mass is 266 g/mol. The van der Waals surface area contributed by atoms with Crippen LogP contribution in [-0.4, -0.2) is 26.0 Å². The first-order chi connectivity index (χ1) is 9.06. The molecule has 0 saturated carbocycles. The lowest BCUT2D eigenvalue weighted by Gasteiger charge is -2.18. The van der Waals surface area contributed by atoms with E-state index in [0.717, 1.165) is 5.56 Å². The molecular weight excluding hydrogens is 248 g/mol. The number of rotatable bonds is 6. The molecule has 1 aromatic carbocycles. The maximum atomic E-state index is 11.5. The lowest BCUT2D eigenvalue weighted by atomic mass is 10.0. The predicted molar refractivity (Wildman–Crippen MR) is 69.3 cm³/mol. The third-order valence-electron chi connectivity index (χ3n) is 2.50. The Balaban J connectivity index is 2.82. The first-order valence-corrected chi connectivity index (χ1v) is 5.79. The van der Waals surface area contributed by atoms with Crippen LogP contribution in [0, 0.1) is 0 Å². The first kappa shape index (κ1) is 15.0. The molecule has 2 N–H and O–H groups in total. The Morgan fingerprint density at radius 3 is 2.32 bits per heavy atom. The minimum Gasteiger partial charge on any atom is -0.497 e. The number of nitrogens with one attached hydrogen (secondary N) is 2. The number of hydroxylamine groups is 1. The Kier molecular flexibility index (Phi) is 5.81. The van der Waals surface area contributed by atoms with E-state index < -0.39 is 6.04 Å². The van der Waals surface area contributed by atoms with Crippen LogP contribution in [0.4, 0.5) is 0 Å². The third-order valence-corrected chi connectivity index (χ3v) is 2.50. The number of hydrogen-bond donors (Lipinski definition) is 2. The summed E-state index contributed by atoms with van der Waals surface area (Å²) in [5.74, 6) is 0.203. The summed E-state index contributed by atoms with van der Waals surface area (Å²) in [7, 11) is 2.94. The second kappa shape index (κ2) is 7.38. The topological polar surface area (TPSA) is 76.7 Å². The zero-order valence-corrected chi connectivity index (χ0v) is 11.2. The number of hydrogen-bond acceptors (Lipinski definition) is 4. The number of amides is 2. The van der Waals surface area contributed by atoms with Gasteiger partial charge < -0.3 is 10.1 Å². The third kappa shape index (κ3) is 4.97. The molecule has 1 unspecified atom stereocenters. The number of benzene rings is 1. The van der Waals surface area contributed by atoms with Crippen molar-refractivity contribution >= 4 is 11.8 Å². The minimum absolute atomic E-state index is 0.0970. The lowest BCUT2D eigenvalue weighted by Crippen LogP contribution is -2.32. The average Bonchev–Trinajstić information content (AvgIpc) is 2.38. The summed E-state index contributed by atoms with van der Waals surface area (Å²) in [5, 5.41) is 2.73. The van der Waals surface area contributed by atoms with Crippen LogP contribution < -0.4 is 15.5 Å². The van der Waals surface area contributed by atoms with E-state index in [1.165, 1.54) is 14.0 Å². The second-order valence-electron chi connectivity index (χ2n) is 3.96. The summed E-state index contributed by atoms with van der Waals surface area (Å²) in [5.41, 5.74) is 3.05. The molecular formula is C13H18N2O4. The van der Waals surface area contributed by atoms with Gasteiger partial charge in [0.05, 0.1) is 26.7 Å². The van der Waals surface area contributed by atoms with Crippen LogP contribution >= 0.6 is 0 Å². The van der Waals surface area contributed by atoms with Crippen LogP contribution in [0.5, 0.6) is 5.75 Å². The molecule has 0 bridgehead atoms. The van der Waals surface area contributed by atoms with Gasteiger partial charge >= 0.3 is 0 Å². The highest BCUT2D eigenvalue weighted by atomic mass is 16.6. The van der Waals surface area contributed by atoms with Gasteiger partial charge in [-0.15, -0.1) is 0 Å². The van der Waals surface area contributed by atoms with Crippen LogP contribution in [0.25, 0.3) is 0 Å². The number of ether oxygens (including phenoxy) is 1. The number of methoxy groups -OCH3 is 1. The Labute approximate surface area is 112 Å². The molecule has 0 spiro atoms. The van der Waals surface area contributed by atoms with Crippen molar-refractivity contribution in [2.75, 3.05) is 14.2 Å². The number of carbonyl (C=O) groups is 2. The smallest absolute Gasteiger partial charge is 0.245 e. The molecule has 0 aromatic heterocycles. The molecule has 1 atom stereocenters. The summed E-state index contributed by atoms with van der Waals surface area (Å²) in [6, 6.07) is 6.76. The van der Waals surface area contributed by atoms with Gasteiger partial charge in [0, 0.05) is 6.92 Å². The molecule has 6 heteroatoms. The van der Waals surface area contributed by atoms with Gasteiger partial charge in [0.1, 0.15) is 5.75 Å². The summed E-state index contributed by atoms with van der Waals surface area (Å²) >= 11 is 0. The van der Waals surface area contributed by atoms with E-state index in [9.17, 15) is 9.59 Å². The van der Waals surface area contributed by atoms with Crippen LogP contribution in [-0.2, 0) is 14.4 Å². The molecule has 1 aromatic rings. The van der Waals surface area contributed by atoms with Crippen LogP contribution in [0.1, 0.15) is 24.9 Å². The molecule has 0 aliphatic carbocycles. The molecule has 0 fully saturated rings. The van der Waals surface area contributed by atoms with Crippen molar-refractivity contribution in [1.82, 2.24) is 10.8 Å². The van der Waals surface area contributed by atoms with E-state index in [1.807, 2.05) is 0 Å². The zero-order chi connectivity index (χ0) is 14.3. The second-order valence-corrected chi connectivity index (χ2v) is 3.96. The lowest BCUT2D eigenvalue weighted by molar-refractivity contribution is -0.132. The average molecular weight is 266 g/mol. The Morgan fingerprint density at radius 1 is 1.21 bits per heavy atom. The molecule has 0 radical (unpaired) electrons. The van der Waals surface area contributed by atoms with E-state index in [0.29, 0.717) is 5.75 Å². The fourth-order valence-corrected chi connectivity index (χ4v) is 1.67. The van der Waals surface area contributed by atoms with Crippen LogP contribution in [0.2, 0.25) is 0 Å². The molecule has 19 heavy (non-hydrogen) atoms. The van der Waals surface area contributed by atoms with Crippen LogP contribution in [0.15, 0.2) is 24.3 Å². The van der Waals surface area contributed by atoms with Crippen molar-refractivity contribution in [3.63, 3.8) is 0 Å². The SMILES string of the molecule is CONC(=O)CC(NC(C)=O)c1ccc(OC)cc1. The molecule has 2 amide bonds.